The van der Waals surface area contributed by atoms with Gasteiger partial charge >= 0.3 is 0 Å². The summed E-state index contributed by atoms with van der Waals surface area (Å²) in [6.45, 7) is 0. The highest BCUT2D eigenvalue weighted by Crippen LogP contribution is 2.28. The molecule has 0 spiro atoms. The second kappa shape index (κ2) is 2.57. The Balaban J connectivity index is 2.45. The van der Waals surface area contributed by atoms with Gasteiger partial charge in [-0.1, -0.05) is 33.6 Å². The lowest BCUT2D eigenvalue weighted by molar-refractivity contribution is 1.12. The number of rotatable bonds is 0. The van der Waals surface area contributed by atoms with E-state index in [4.69, 9.17) is 11.6 Å². The fraction of sp³-hybridized carbons (Fsp3) is 0.143. The van der Waals surface area contributed by atoms with E-state index in [-0.39, 0.29) is 5.92 Å². The molecule has 2 rings (SSSR count). The van der Waals surface area contributed by atoms with E-state index in [1.54, 1.807) is 12.3 Å². The van der Waals surface area contributed by atoms with Crippen LogP contribution in [0.15, 0.2) is 32.8 Å². The molecule has 2 aliphatic rings. The van der Waals surface area contributed by atoms with Crippen LogP contribution >= 0.6 is 27.5 Å². The molecule has 0 aromatic heterocycles. The van der Waals surface area contributed by atoms with E-state index in [0.29, 0.717) is 5.17 Å². The van der Waals surface area contributed by atoms with Crippen molar-refractivity contribution in [2.45, 2.75) is 0 Å². The predicted molar refractivity (Wildman–Crippen MR) is 50.4 cm³/mol. The minimum atomic E-state index is 0.192. The van der Waals surface area contributed by atoms with Gasteiger partial charge in [0.1, 0.15) is 11.0 Å². The number of hydrogen-bond acceptors (Lipinski definition) is 2. The van der Waals surface area contributed by atoms with Gasteiger partial charge in [-0.05, 0) is 6.08 Å². The zero-order valence-electron chi connectivity index (χ0n) is 5.46. The minimum absolute atomic E-state index is 0.192. The first-order valence-corrected chi connectivity index (χ1v) is 4.30. The topological polar surface area (TPSA) is 24.7 Å². The number of nitrogens with zero attached hydrogens (tertiary/aromatic N) is 2. The fourth-order valence-corrected chi connectivity index (χ4v) is 1.94. The normalized spacial score (nSPS) is 27.5. The van der Waals surface area contributed by atoms with Gasteiger partial charge in [0.15, 0.2) is 0 Å². The smallest absolute Gasteiger partial charge is 0.141 e. The molecule has 2 heterocycles. The SMILES string of the molecule is ClC1=NC2=NC=C[C@H]2C(Br)=C1. The summed E-state index contributed by atoms with van der Waals surface area (Å²) in [6.07, 6.45) is 5.51. The van der Waals surface area contributed by atoms with Crippen LogP contribution in [0, 0.1) is 5.92 Å². The van der Waals surface area contributed by atoms with E-state index in [1.807, 2.05) is 6.08 Å². The minimum Gasteiger partial charge on any atom is -0.241 e. The first-order chi connectivity index (χ1) is 5.27. The van der Waals surface area contributed by atoms with Gasteiger partial charge in [-0.25, -0.2) is 9.98 Å². The molecule has 0 unspecified atom stereocenters. The van der Waals surface area contributed by atoms with E-state index >= 15 is 0 Å². The summed E-state index contributed by atoms with van der Waals surface area (Å²) in [6, 6.07) is 0. The van der Waals surface area contributed by atoms with Crippen LogP contribution in [0.5, 0.6) is 0 Å². The number of aliphatic imine (C=N–C) groups is 2. The molecule has 0 bridgehead atoms. The summed E-state index contributed by atoms with van der Waals surface area (Å²) in [5.41, 5.74) is 0. The molecule has 2 nitrogen and oxygen atoms in total. The molecule has 0 saturated carbocycles. The first-order valence-electron chi connectivity index (χ1n) is 3.13. The highest BCUT2D eigenvalue weighted by Gasteiger charge is 2.22. The van der Waals surface area contributed by atoms with Crippen molar-refractivity contribution >= 4 is 38.5 Å². The zero-order chi connectivity index (χ0) is 7.84. The van der Waals surface area contributed by atoms with Gasteiger partial charge in [0.25, 0.3) is 0 Å². The maximum absolute atomic E-state index is 5.71. The average molecular weight is 231 g/mol. The Morgan fingerprint density at radius 2 is 2.36 bits per heavy atom. The first kappa shape index (κ1) is 7.25. The van der Waals surface area contributed by atoms with Crippen molar-refractivity contribution in [3.63, 3.8) is 0 Å². The molecule has 0 aromatic rings. The number of halogens is 2. The molecule has 0 radical (unpaired) electrons. The molecule has 0 saturated heterocycles. The van der Waals surface area contributed by atoms with Crippen LogP contribution in [0.3, 0.4) is 0 Å². The van der Waals surface area contributed by atoms with Crippen LogP contribution in [0.4, 0.5) is 0 Å². The van der Waals surface area contributed by atoms with Crippen LogP contribution < -0.4 is 0 Å². The third kappa shape index (κ3) is 1.19. The van der Waals surface area contributed by atoms with Crippen molar-refractivity contribution < 1.29 is 0 Å². The monoisotopic (exact) mass is 230 g/mol. The lowest BCUT2D eigenvalue weighted by atomic mass is 10.1. The van der Waals surface area contributed by atoms with Gasteiger partial charge in [-0.3, -0.25) is 0 Å². The third-order valence-electron chi connectivity index (χ3n) is 1.54. The van der Waals surface area contributed by atoms with Gasteiger partial charge in [-0.2, -0.15) is 0 Å². The number of fused-ring (bicyclic) bond motifs is 1. The zero-order valence-corrected chi connectivity index (χ0v) is 7.80. The number of dihydropyridines is 1. The third-order valence-corrected chi connectivity index (χ3v) is 2.45. The fourth-order valence-electron chi connectivity index (χ4n) is 1.03. The maximum Gasteiger partial charge on any atom is 0.141 e. The van der Waals surface area contributed by atoms with Gasteiger partial charge < -0.3 is 0 Å². The van der Waals surface area contributed by atoms with Crippen molar-refractivity contribution in [2.24, 2.45) is 15.9 Å². The molecule has 0 fully saturated rings. The summed E-state index contributed by atoms with van der Waals surface area (Å²) >= 11 is 9.11. The molecular weight excluding hydrogens is 227 g/mol. The largest absolute Gasteiger partial charge is 0.241 e. The molecular formula is C7H4BrClN2. The van der Waals surface area contributed by atoms with Crippen molar-refractivity contribution in [3.8, 4) is 0 Å². The Morgan fingerprint density at radius 3 is 3.18 bits per heavy atom. The molecule has 0 aliphatic carbocycles. The van der Waals surface area contributed by atoms with Gasteiger partial charge in [0.05, 0.1) is 5.92 Å². The summed E-state index contributed by atoms with van der Waals surface area (Å²) < 4.78 is 1.02. The molecule has 1 atom stereocenters. The molecule has 56 valence electrons. The Kier molecular flexibility index (Phi) is 1.69. The molecule has 0 N–H and O–H groups in total. The lowest BCUT2D eigenvalue weighted by Gasteiger charge is -2.11. The molecule has 2 aliphatic heterocycles. The van der Waals surface area contributed by atoms with E-state index in [1.165, 1.54) is 0 Å². The van der Waals surface area contributed by atoms with Crippen molar-refractivity contribution in [2.75, 3.05) is 0 Å². The second-order valence-corrected chi connectivity index (χ2v) is 3.57. The highest BCUT2D eigenvalue weighted by molar-refractivity contribution is 9.11. The molecule has 0 aromatic carbocycles. The van der Waals surface area contributed by atoms with Crippen LogP contribution in [-0.4, -0.2) is 11.0 Å². The van der Waals surface area contributed by atoms with Crippen molar-refractivity contribution in [3.05, 3.63) is 22.8 Å². The van der Waals surface area contributed by atoms with Crippen molar-refractivity contribution in [1.82, 2.24) is 0 Å². The second-order valence-electron chi connectivity index (χ2n) is 2.27. The van der Waals surface area contributed by atoms with Gasteiger partial charge in [-0.15, -0.1) is 0 Å². The number of hydrogen-bond donors (Lipinski definition) is 0. The summed E-state index contributed by atoms with van der Waals surface area (Å²) in [4.78, 5) is 8.11. The molecule has 4 heteroatoms. The lowest BCUT2D eigenvalue weighted by Crippen LogP contribution is -2.12. The van der Waals surface area contributed by atoms with E-state index < -0.39 is 0 Å². The van der Waals surface area contributed by atoms with Crippen LogP contribution in [0.2, 0.25) is 0 Å². The Hall–Kier alpha value is -0.410. The molecule has 0 amide bonds. The number of amidine groups is 1. The standard InChI is InChI=1S/C7H4BrClN2/c8-5-3-6(9)11-7-4(5)1-2-10-7/h1-4H/t4-/m0/s1. The summed E-state index contributed by atoms with van der Waals surface area (Å²) in [7, 11) is 0. The van der Waals surface area contributed by atoms with Gasteiger partial charge in [0, 0.05) is 10.7 Å². The van der Waals surface area contributed by atoms with Gasteiger partial charge in [0.2, 0.25) is 0 Å². The molecule has 11 heavy (non-hydrogen) atoms. The average Bonchev–Trinajstić information content (AvgIpc) is 2.34. The predicted octanol–water partition coefficient (Wildman–Crippen LogP) is 2.46. The quantitative estimate of drug-likeness (QED) is 0.612. The van der Waals surface area contributed by atoms with Crippen molar-refractivity contribution in [1.29, 1.82) is 0 Å². The highest BCUT2D eigenvalue weighted by atomic mass is 79.9. The Bertz CT molecular complexity index is 314. The Morgan fingerprint density at radius 1 is 1.55 bits per heavy atom. The van der Waals surface area contributed by atoms with E-state index in [2.05, 4.69) is 25.9 Å². The van der Waals surface area contributed by atoms with E-state index in [9.17, 15) is 0 Å². The van der Waals surface area contributed by atoms with Crippen LogP contribution in [0.1, 0.15) is 0 Å². The summed E-state index contributed by atoms with van der Waals surface area (Å²) in [5, 5.41) is 0.482. The van der Waals surface area contributed by atoms with E-state index in [0.717, 1.165) is 10.3 Å². The summed E-state index contributed by atoms with van der Waals surface area (Å²) in [5.74, 6) is 0.960. The van der Waals surface area contributed by atoms with Crippen LogP contribution in [-0.2, 0) is 0 Å². The Labute approximate surface area is 77.5 Å². The number of allylic oxidation sites excluding steroid dienone is 1. The van der Waals surface area contributed by atoms with Crippen LogP contribution in [0.25, 0.3) is 0 Å². The maximum atomic E-state index is 5.71.